The summed E-state index contributed by atoms with van der Waals surface area (Å²) in [6.45, 7) is 5.08. The highest BCUT2D eigenvalue weighted by atomic mass is 79.9. The maximum Gasteiger partial charge on any atom is 0.0729 e. The predicted molar refractivity (Wildman–Crippen MR) is 72.0 cm³/mol. The van der Waals surface area contributed by atoms with Gasteiger partial charge in [0, 0.05) is 33.5 Å². The minimum absolute atomic E-state index is 0.409. The average molecular weight is 300 g/mol. The lowest BCUT2D eigenvalue weighted by Gasteiger charge is -2.03. The van der Waals surface area contributed by atoms with Gasteiger partial charge in [-0.15, -0.1) is 11.3 Å². The lowest BCUT2D eigenvalue weighted by Crippen LogP contribution is -2.00. The Labute approximate surface area is 108 Å². The summed E-state index contributed by atoms with van der Waals surface area (Å²) >= 11 is 5.19. The minimum atomic E-state index is 0.409. The molecule has 0 fully saturated rings. The Morgan fingerprint density at radius 2 is 2.38 bits per heavy atom. The van der Waals surface area contributed by atoms with Gasteiger partial charge in [-0.1, -0.05) is 0 Å². The quantitative estimate of drug-likeness (QED) is 0.928. The maximum absolute atomic E-state index is 4.28. The van der Waals surface area contributed by atoms with Gasteiger partial charge in [0.25, 0.3) is 0 Å². The van der Waals surface area contributed by atoms with E-state index in [1.165, 1.54) is 4.88 Å². The van der Waals surface area contributed by atoms with Crippen LogP contribution < -0.4 is 5.32 Å². The summed E-state index contributed by atoms with van der Waals surface area (Å²) < 4.78 is 3.10. The van der Waals surface area contributed by atoms with Crippen LogP contribution in [0.15, 0.2) is 28.3 Å². The molecule has 86 valence electrons. The van der Waals surface area contributed by atoms with Gasteiger partial charge < -0.3 is 5.32 Å². The highest BCUT2D eigenvalue weighted by Crippen LogP contribution is 2.20. The number of anilines is 1. The van der Waals surface area contributed by atoms with E-state index in [9.17, 15) is 0 Å². The third-order valence-electron chi connectivity index (χ3n) is 2.22. The Balaban J connectivity index is 1.94. The van der Waals surface area contributed by atoms with Crippen molar-refractivity contribution in [1.82, 2.24) is 9.78 Å². The molecule has 0 atom stereocenters. The molecule has 0 aromatic carbocycles. The average Bonchev–Trinajstić information content (AvgIpc) is 2.83. The van der Waals surface area contributed by atoms with Crippen LogP contribution in [-0.2, 0) is 6.54 Å². The minimum Gasteiger partial charge on any atom is -0.378 e. The third-order valence-corrected chi connectivity index (χ3v) is 3.92. The number of rotatable bonds is 4. The Bertz CT molecular complexity index is 461. The summed E-state index contributed by atoms with van der Waals surface area (Å²) in [5.74, 6) is 0. The van der Waals surface area contributed by atoms with Crippen molar-refractivity contribution < 1.29 is 0 Å². The second kappa shape index (κ2) is 5.01. The highest BCUT2D eigenvalue weighted by Gasteiger charge is 2.02. The number of nitrogens with zero attached hydrogens (tertiary/aromatic N) is 2. The number of aromatic nitrogens is 2. The zero-order valence-electron chi connectivity index (χ0n) is 9.27. The van der Waals surface area contributed by atoms with Crippen LogP contribution in [0.5, 0.6) is 0 Å². The lowest BCUT2D eigenvalue weighted by molar-refractivity contribution is 0.532. The monoisotopic (exact) mass is 299 g/mol. The van der Waals surface area contributed by atoms with Crippen LogP contribution in [-0.4, -0.2) is 9.78 Å². The molecule has 0 unspecified atom stereocenters. The molecule has 2 heterocycles. The molecule has 5 heteroatoms. The van der Waals surface area contributed by atoms with Gasteiger partial charge >= 0.3 is 0 Å². The van der Waals surface area contributed by atoms with E-state index in [-0.39, 0.29) is 0 Å². The second-order valence-electron chi connectivity index (χ2n) is 3.89. The van der Waals surface area contributed by atoms with Gasteiger partial charge in [-0.05, 0) is 35.8 Å². The molecular formula is C11H14BrN3S. The first-order chi connectivity index (χ1) is 7.65. The number of hydrogen-bond acceptors (Lipinski definition) is 3. The van der Waals surface area contributed by atoms with Crippen molar-refractivity contribution in [3.8, 4) is 0 Å². The molecule has 16 heavy (non-hydrogen) atoms. The summed E-state index contributed by atoms with van der Waals surface area (Å²) in [6.07, 6.45) is 3.90. The Hall–Kier alpha value is -0.810. The molecule has 0 aliphatic heterocycles. The number of nitrogens with one attached hydrogen (secondary N) is 1. The molecule has 3 nitrogen and oxygen atoms in total. The van der Waals surface area contributed by atoms with Crippen molar-refractivity contribution in [3.05, 3.63) is 33.2 Å². The molecule has 0 spiro atoms. The number of halogens is 1. The van der Waals surface area contributed by atoms with E-state index >= 15 is 0 Å². The van der Waals surface area contributed by atoms with Crippen molar-refractivity contribution in [2.75, 3.05) is 5.32 Å². The summed E-state index contributed by atoms with van der Waals surface area (Å²) in [5, 5.41) is 9.73. The predicted octanol–water partition coefficient (Wildman–Crippen LogP) is 3.90. The van der Waals surface area contributed by atoms with Crippen molar-refractivity contribution in [3.63, 3.8) is 0 Å². The highest BCUT2D eigenvalue weighted by molar-refractivity contribution is 9.10. The van der Waals surface area contributed by atoms with E-state index in [4.69, 9.17) is 0 Å². The van der Waals surface area contributed by atoms with E-state index in [0.717, 1.165) is 16.7 Å². The van der Waals surface area contributed by atoms with E-state index in [1.54, 1.807) is 11.3 Å². The van der Waals surface area contributed by atoms with Crippen molar-refractivity contribution in [2.24, 2.45) is 0 Å². The fourth-order valence-corrected chi connectivity index (χ4v) is 2.74. The fraction of sp³-hybridized carbons (Fsp3) is 0.364. The normalized spacial score (nSPS) is 11.0. The fourth-order valence-electron chi connectivity index (χ4n) is 1.35. The molecule has 2 rings (SSSR count). The van der Waals surface area contributed by atoms with Crippen LogP contribution in [0.3, 0.4) is 0 Å². The van der Waals surface area contributed by atoms with E-state index < -0.39 is 0 Å². The number of thiophene rings is 1. The molecule has 0 aliphatic carbocycles. The maximum atomic E-state index is 4.28. The van der Waals surface area contributed by atoms with Crippen molar-refractivity contribution in [2.45, 2.75) is 26.4 Å². The Morgan fingerprint density at radius 3 is 2.94 bits per heavy atom. The Kier molecular flexibility index (Phi) is 3.66. The van der Waals surface area contributed by atoms with Gasteiger partial charge in [-0.2, -0.15) is 5.10 Å². The van der Waals surface area contributed by atoms with Gasteiger partial charge in [0.05, 0.1) is 11.9 Å². The summed E-state index contributed by atoms with van der Waals surface area (Å²) in [6, 6.07) is 2.54. The molecule has 1 N–H and O–H groups in total. The van der Waals surface area contributed by atoms with Gasteiger partial charge in [-0.25, -0.2) is 0 Å². The summed E-state index contributed by atoms with van der Waals surface area (Å²) in [4.78, 5) is 1.31. The molecule has 0 saturated carbocycles. The zero-order chi connectivity index (χ0) is 11.5. The van der Waals surface area contributed by atoms with E-state index in [1.807, 2.05) is 17.1 Å². The van der Waals surface area contributed by atoms with Crippen LogP contribution in [0.4, 0.5) is 5.69 Å². The Morgan fingerprint density at radius 1 is 1.56 bits per heavy atom. The first kappa shape index (κ1) is 11.7. The lowest BCUT2D eigenvalue weighted by atomic mass is 10.4. The molecule has 0 amide bonds. The van der Waals surface area contributed by atoms with E-state index in [0.29, 0.717) is 6.04 Å². The summed E-state index contributed by atoms with van der Waals surface area (Å²) in [7, 11) is 0. The molecule has 0 aliphatic rings. The van der Waals surface area contributed by atoms with Crippen LogP contribution in [0.2, 0.25) is 0 Å². The van der Waals surface area contributed by atoms with Gasteiger partial charge in [-0.3, -0.25) is 4.68 Å². The molecule has 2 aromatic heterocycles. The summed E-state index contributed by atoms with van der Waals surface area (Å²) in [5.41, 5.74) is 1.07. The van der Waals surface area contributed by atoms with Gasteiger partial charge in [0.15, 0.2) is 0 Å². The van der Waals surface area contributed by atoms with Crippen molar-refractivity contribution >= 4 is 33.0 Å². The molecular weight excluding hydrogens is 286 g/mol. The molecule has 0 radical (unpaired) electrons. The van der Waals surface area contributed by atoms with Gasteiger partial charge in [0.1, 0.15) is 0 Å². The van der Waals surface area contributed by atoms with Gasteiger partial charge in [0.2, 0.25) is 0 Å². The van der Waals surface area contributed by atoms with Crippen molar-refractivity contribution in [1.29, 1.82) is 0 Å². The van der Waals surface area contributed by atoms with Crippen LogP contribution in [0.25, 0.3) is 0 Å². The number of hydrogen-bond donors (Lipinski definition) is 1. The zero-order valence-corrected chi connectivity index (χ0v) is 11.7. The smallest absolute Gasteiger partial charge is 0.0729 e. The molecule has 0 saturated heterocycles. The van der Waals surface area contributed by atoms with Crippen LogP contribution in [0.1, 0.15) is 24.8 Å². The molecule has 0 bridgehead atoms. The third kappa shape index (κ3) is 2.86. The van der Waals surface area contributed by atoms with E-state index in [2.05, 4.69) is 51.6 Å². The van der Waals surface area contributed by atoms with Crippen LogP contribution >= 0.6 is 27.3 Å². The van der Waals surface area contributed by atoms with Crippen LogP contribution in [0, 0.1) is 0 Å². The standard InChI is InChI=1S/C11H14BrN3S/c1-8(2)15-6-10(4-14-15)13-5-11-3-9(12)7-16-11/h3-4,6-8,13H,5H2,1-2H3. The second-order valence-corrected chi connectivity index (χ2v) is 5.80. The largest absolute Gasteiger partial charge is 0.378 e. The topological polar surface area (TPSA) is 29.9 Å². The first-order valence-electron chi connectivity index (χ1n) is 5.16. The molecule has 2 aromatic rings. The SMILES string of the molecule is CC(C)n1cc(NCc2cc(Br)cs2)cn1. The first-order valence-corrected chi connectivity index (χ1v) is 6.83.